The Hall–Kier alpha value is -1.98. The molecule has 1 heterocycles. The first-order valence-corrected chi connectivity index (χ1v) is 12.1. The first kappa shape index (κ1) is 24.3. The van der Waals surface area contributed by atoms with Crippen molar-refractivity contribution in [3.05, 3.63) is 11.3 Å². The molecule has 2 N–H and O–H groups in total. The highest BCUT2D eigenvalue weighted by Gasteiger charge is 2.20. The van der Waals surface area contributed by atoms with Crippen molar-refractivity contribution in [1.29, 1.82) is 0 Å². The van der Waals surface area contributed by atoms with Crippen molar-refractivity contribution in [2.45, 2.75) is 117 Å². The molecule has 0 fully saturated rings. The van der Waals surface area contributed by atoms with Crippen LogP contribution in [0.15, 0.2) is 0 Å². The van der Waals surface area contributed by atoms with Crippen molar-refractivity contribution in [3.8, 4) is 0 Å². The molecule has 0 bridgehead atoms. The lowest BCUT2D eigenvalue weighted by Gasteiger charge is -2.19. The summed E-state index contributed by atoms with van der Waals surface area (Å²) < 4.78 is 0. The van der Waals surface area contributed by atoms with Crippen LogP contribution in [0.3, 0.4) is 0 Å². The summed E-state index contributed by atoms with van der Waals surface area (Å²) in [6.07, 6.45) is 16.1. The molecule has 168 valence electrons. The third-order valence-electron chi connectivity index (χ3n) is 5.71. The van der Waals surface area contributed by atoms with Gasteiger partial charge in [0.05, 0.1) is 5.69 Å². The highest BCUT2D eigenvalue weighted by Crippen LogP contribution is 2.27. The van der Waals surface area contributed by atoms with E-state index in [1.165, 1.54) is 38.5 Å². The third kappa shape index (κ3) is 8.80. The summed E-state index contributed by atoms with van der Waals surface area (Å²) in [7, 11) is 0. The van der Waals surface area contributed by atoms with E-state index >= 15 is 0 Å². The Morgan fingerprint density at radius 1 is 0.733 bits per heavy atom. The van der Waals surface area contributed by atoms with Crippen molar-refractivity contribution in [2.24, 2.45) is 0 Å². The number of hydrogen-bond acceptors (Lipinski definition) is 4. The number of carbonyl (C=O) groups is 2. The summed E-state index contributed by atoms with van der Waals surface area (Å²) in [5, 5.41) is 5.85. The van der Waals surface area contributed by atoms with Gasteiger partial charge in [0.1, 0.15) is 5.82 Å². The van der Waals surface area contributed by atoms with Crippen LogP contribution in [0.25, 0.3) is 0 Å². The molecule has 0 saturated heterocycles. The monoisotopic (exact) mass is 416 g/mol. The van der Waals surface area contributed by atoms with Gasteiger partial charge in [-0.05, 0) is 38.5 Å². The van der Waals surface area contributed by atoms with Gasteiger partial charge in [0.2, 0.25) is 17.8 Å². The minimum atomic E-state index is -0.0459. The van der Waals surface area contributed by atoms with E-state index in [1.54, 1.807) is 0 Å². The van der Waals surface area contributed by atoms with Crippen LogP contribution in [0.4, 0.5) is 11.8 Å². The Balaban J connectivity index is 1.93. The summed E-state index contributed by atoms with van der Waals surface area (Å²) in [6, 6.07) is 0. The second-order valence-corrected chi connectivity index (χ2v) is 8.45. The largest absolute Gasteiger partial charge is 0.310 e. The molecule has 1 aliphatic rings. The zero-order valence-corrected chi connectivity index (χ0v) is 19.0. The van der Waals surface area contributed by atoms with E-state index in [0.717, 1.165) is 62.6 Å². The number of rotatable bonds is 14. The van der Waals surface area contributed by atoms with Crippen LogP contribution in [0.5, 0.6) is 0 Å². The normalized spacial score (nSPS) is 13.0. The average molecular weight is 417 g/mol. The van der Waals surface area contributed by atoms with E-state index in [1.807, 2.05) is 0 Å². The smallest absolute Gasteiger partial charge is 0.231 e. The van der Waals surface area contributed by atoms with Gasteiger partial charge in [-0.15, -0.1) is 0 Å². The van der Waals surface area contributed by atoms with Crippen LogP contribution >= 0.6 is 0 Å². The van der Waals surface area contributed by atoms with E-state index in [4.69, 9.17) is 0 Å². The van der Waals surface area contributed by atoms with Crippen LogP contribution in [-0.4, -0.2) is 21.8 Å². The molecule has 0 unspecified atom stereocenters. The number of nitrogens with one attached hydrogen (secondary N) is 2. The van der Waals surface area contributed by atoms with Gasteiger partial charge in [-0.2, -0.15) is 4.98 Å². The number of carbonyl (C=O) groups excluding carboxylic acids is 2. The maximum absolute atomic E-state index is 12.4. The molecule has 0 aliphatic heterocycles. The van der Waals surface area contributed by atoms with Gasteiger partial charge in [0, 0.05) is 18.4 Å². The molecule has 6 heteroatoms. The Kier molecular flexibility index (Phi) is 11.4. The number of anilines is 2. The lowest BCUT2D eigenvalue weighted by atomic mass is 9.96. The van der Waals surface area contributed by atoms with Crippen LogP contribution < -0.4 is 10.6 Å². The fourth-order valence-electron chi connectivity index (χ4n) is 3.91. The average Bonchev–Trinajstić information content (AvgIpc) is 2.73. The molecule has 6 nitrogen and oxygen atoms in total. The zero-order chi connectivity index (χ0) is 21.6. The second-order valence-electron chi connectivity index (χ2n) is 8.45. The molecule has 0 radical (unpaired) electrons. The van der Waals surface area contributed by atoms with Crippen molar-refractivity contribution < 1.29 is 9.59 Å². The molecule has 1 aromatic heterocycles. The quantitative estimate of drug-likeness (QED) is 0.367. The van der Waals surface area contributed by atoms with Crippen LogP contribution in [0.2, 0.25) is 0 Å². The summed E-state index contributed by atoms with van der Waals surface area (Å²) in [5.74, 6) is 0.880. The standard InChI is InChI=1S/C24H40N4O2/c1-3-5-7-9-11-17-21(29)26-23-19-15-13-14-16-20(19)25-24(28-23)27-22(30)18-12-10-8-6-4-2/h3-18H2,1-2H3,(H2,25,26,27,28,29,30). The van der Waals surface area contributed by atoms with Gasteiger partial charge in [0.25, 0.3) is 0 Å². The minimum absolute atomic E-state index is 0.00572. The highest BCUT2D eigenvalue weighted by molar-refractivity contribution is 5.92. The van der Waals surface area contributed by atoms with Crippen molar-refractivity contribution in [1.82, 2.24) is 9.97 Å². The summed E-state index contributed by atoms with van der Waals surface area (Å²) in [5.41, 5.74) is 2.01. The number of aryl methyl sites for hydroxylation is 1. The Morgan fingerprint density at radius 3 is 1.93 bits per heavy atom. The van der Waals surface area contributed by atoms with Crippen LogP contribution in [0, 0.1) is 0 Å². The van der Waals surface area contributed by atoms with E-state index in [0.29, 0.717) is 24.6 Å². The molecule has 0 saturated carbocycles. The molecular weight excluding hydrogens is 376 g/mol. The number of nitrogens with zero attached hydrogens (tertiary/aromatic N) is 2. The lowest BCUT2D eigenvalue weighted by molar-refractivity contribution is -0.117. The van der Waals surface area contributed by atoms with Crippen molar-refractivity contribution in [2.75, 3.05) is 10.6 Å². The molecule has 0 spiro atoms. The SMILES string of the molecule is CCCCCCCC(=O)Nc1nc2c(c(NC(=O)CCCCCCC)n1)CCCC2. The van der Waals surface area contributed by atoms with E-state index in [9.17, 15) is 9.59 Å². The van der Waals surface area contributed by atoms with Crippen molar-refractivity contribution >= 4 is 23.6 Å². The molecule has 2 amide bonds. The van der Waals surface area contributed by atoms with Gasteiger partial charge in [-0.25, -0.2) is 4.98 Å². The maximum atomic E-state index is 12.4. The predicted molar refractivity (Wildman–Crippen MR) is 123 cm³/mol. The van der Waals surface area contributed by atoms with E-state index in [2.05, 4.69) is 34.4 Å². The fourth-order valence-corrected chi connectivity index (χ4v) is 3.91. The molecule has 1 aliphatic carbocycles. The lowest BCUT2D eigenvalue weighted by Crippen LogP contribution is -2.21. The van der Waals surface area contributed by atoms with Crippen LogP contribution in [-0.2, 0) is 22.4 Å². The first-order valence-electron chi connectivity index (χ1n) is 12.1. The predicted octanol–water partition coefficient (Wildman–Crippen LogP) is 5.95. The molecule has 1 aromatic rings. The summed E-state index contributed by atoms with van der Waals surface area (Å²) in [4.78, 5) is 33.8. The molecule has 30 heavy (non-hydrogen) atoms. The maximum Gasteiger partial charge on any atom is 0.231 e. The molecule has 0 atom stereocenters. The van der Waals surface area contributed by atoms with Gasteiger partial charge < -0.3 is 5.32 Å². The van der Waals surface area contributed by atoms with Crippen LogP contribution in [0.1, 0.15) is 115 Å². The first-order chi connectivity index (χ1) is 14.6. The highest BCUT2D eigenvalue weighted by atomic mass is 16.2. The molecule has 2 rings (SSSR count). The second kappa shape index (κ2) is 14.1. The van der Waals surface area contributed by atoms with Gasteiger partial charge in [-0.1, -0.05) is 65.2 Å². The number of fused-ring (bicyclic) bond motifs is 1. The van der Waals surface area contributed by atoms with Gasteiger partial charge in [-0.3, -0.25) is 14.9 Å². The zero-order valence-electron chi connectivity index (χ0n) is 19.0. The third-order valence-corrected chi connectivity index (χ3v) is 5.71. The van der Waals surface area contributed by atoms with Crippen molar-refractivity contribution in [3.63, 3.8) is 0 Å². The Labute approximate surface area is 182 Å². The van der Waals surface area contributed by atoms with Gasteiger partial charge in [0.15, 0.2) is 0 Å². The number of hydrogen-bond donors (Lipinski definition) is 2. The summed E-state index contributed by atoms with van der Waals surface area (Å²) in [6.45, 7) is 4.37. The minimum Gasteiger partial charge on any atom is -0.310 e. The van der Waals surface area contributed by atoms with E-state index in [-0.39, 0.29) is 11.8 Å². The fraction of sp³-hybridized carbons (Fsp3) is 0.750. The number of amides is 2. The number of unbranched alkanes of at least 4 members (excludes halogenated alkanes) is 8. The molecular formula is C24H40N4O2. The van der Waals surface area contributed by atoms with Gasteiger partial charge >= 0.3 is 0 Å². The molecule has 0 aromatic carbocycles. The van der Waals surface area contributed by atoms with E-state index < -0.39 is 0 Å². The Bertz CT molecular complexity index is 675. The summed E-state index contributed by atoms with van der Waals surface area (Å²) >= 11 is 0. The Morgan fingerprint density at radius 2 is 1.30 bits per heavy atom. The number of aromatic nitrogens is 2. The topological polar surface area (TPSA) is 84.0 Å².